The average molecular weight is 376 g/mol. The van der Waals surface area contributed by atoms with Crippen LogP contribution in [0.2, 0.25) is 0 Å². The molecule has 27 heavy (non-hydrogen) atoms. The third-order valence-corrected chi connectivity index (χ3v) is 4.33. The van der Waals surface area contributed by atoms with Crippen molar-refractivity contribution in [3.8, 4) is 5.75 Å². The topological polar surface area (TPSA) is 98.1 Å². The zero-order valence-corrected chi connectivity index (χ0v) is 15.4. The molecule has 2 atom stereocenters. The summed E-state index contributed by atoms with van der Waals surface area (Å²) in [6, 6.07) is 10.6. The first-order valence-corrected chi connectivity index (χ1v) is 8.59. The van der Waals surface area contributed by atoms with E-state index in [0.717, 1.165) is 29.9 Å². The van der Waals surface area contributed by atoms with E-state index in [0.29, 0.717) is 0 Å². The van der Waals surface area contributed by atoms with E-state index in [9.17, 15) is 19.3 Å². The number of amides is 1. The van der Waals surface area contributed by atoms with Gasteiger partial charge in [-0.3, -0.25) is 14.9 Å². The molecule has 0 bridgehead atoms. The number of nitrogens with two attached hydrogens (primary N) is 1. The smallest absolute Gasteiger partial charge is 0.306 e. The molecule has 2 rings (SSSR count). The van der Waals surface area contributed by atoms with Crippen molar-refractivity contribution in [1.82, 2.24) is 0 Å². The summed E-state index contributed by atoms with van der Waals surface area (Å²) < 4.78 is 18.6. The molecule has 3 N–H and O–H groups in total. The minimum atomic E-state index is -0.942. The molecule has 0 unspecified atom stereocenters. The Morgan fingerprint density at radius 2 is 1.96 bits per heavy atom. The molecular weight excluding hydrogens is 353 g/mol. The van der Waals surface area contributed by atoms with Gasteiger partial charge < -0.3 is 15.4 Å². The minimum Gasteiger partial charge on any atom is -0.497 e. The summed E-state index contributed by atoms with van der Waals surface area (Å²) in [6.07, 6.45) is 0.811. The predicted molar refractivity (Wildman–Crippen MR) is 99.1 cm³/mol. The molecule has 1 amide bonds. The highest BCUT2D eigenvalue weighted by Crippen LogP contribution is 2.22. The van der Waals surface area contributed by atoms with Crippen LogP contribution in [0.5, 0.6) is 5.75 Å². The van der Waals surface area contributed by atoms with Crippen molar-refractivity contribution in [2.45, 2.75) is 32.4 Å². The Morgan fingerprint density at radius 3 is 2.52 bits per heavy atom. The van der Waals surface area contributed by atoms with Crippen molar-refractivity contribution in [3.63, 3.8) is 0 Å². The fourth-order valence-electron chi connectivity index (χ4n) is 2.76. The van der Waals surface area contributed by atoms with Gasteiger partial charge >= 0.3 is 5.69 Å². The highest BCUT2D eigenvalue weighted by Gasteiger charge is 2.23. The number of hydrogen-bond acceptors (Lipinski definition) is 4. The standard InChI is InChI=1S/C19H22FN3O4/c1-4-17(13-5-8-15(27-3)9-6-13)21-12(2)19(24)22-14-7-10-16(20)18(11-14)23(25)26/h5-12,17,21H,4H2,1-3H3,(H,22,24)/p+1/t12-,17+/m0/s1. The number of ether oxygens (including phenoxy) is 1. The highest BCUT2D eigenvalue weighted by atomic mass is 19.1. The summed E-state index contributed by atoms with van der Waals surface area (Å²) in [6.45, 7) is 3.78. The zero-order valence-electron chi connectivity index (χ0n) is 15.4. The van der Waals surface area contributed by atoms with E-state index < -0.39 is 22.5 Å². The molecule has 0 aliphatic heterocycles. The molecule has 0 radical (unpaired) electrons. The maximum Gasteiger partial charge on any atom is 0.306 e. The third-order valence-electron chi connectivity index (χ3n) is 4.33. The number of carbonyl (C=O) groups excluding carboxylic acids is 1. The Kier molecular flexibility index (Phi) is 6.84. The summed E-state index contributed by atoms with van der Waals surface area (Å²) in [5.74, 6) is -0.497. The van der Waals surface area contributed by atoms with Crippen LogP contribution < -0.4 is 15.4 Å². The van der Waals surface area contributed by atoms with Gasteiger partial charge in [0.2, 0.25) is 5.82 Å². The number of methoxy groups -OCH3 is 1. The molecule has 144 valence electrons. The second-order valence-electron chi connectivity index (χ2n) is 6.18. The normalized spacial score (nSPS) is 12.9. The molecular formula is C19H23FN3O4+. The Hall–Kier alpha value is -3.00. The lowest BCUT2D eigenvalue weighted by molar-refractivity contribution is -0.713. The van der Waals surface area contributed by atoms with Gasteiger partial charge in [0.05, 0.1) is 12.0 Å². The number of benzene rings is 2. The molecule has 0 spiro atoms. The van der Waals surface area contributed by atoms with Crippen LogP contribution in [0.1, 0.15) is 31.9 Å². The first-order valence-electron chi connectivity index (χ1n) is 8.59. The number of nitrogens with zero attached hydrogens (tertiary/aromatic N) is 1. The second-order valence-corrected chi connectivity index (χ2v) is 6.18. The fraction of sp³-hybridized carbons (Fsp3) is 0.316. The number of quaternary nitrogens is 1. The molecule has 0 aromatic heterocycles. The van der Waals surface area contributed by atoms with Crippen molar-refractivity contribution >= 4 is 17.3 Å². The van der Waals surface area contributed by atoms with Gasteiger partial charge in [-0.2, -0.15) is 4.39 Å². The number of carbonyl (C=O) groups is 1. The van der Waals surface area contributed by atoms with Crippen molar-refractivity contribution in [1.29, 1.82) is 0 Å². The number of rotatable bonds is 8. The van der Waals surface area contributed by atoms with Gasteiger partial charge in [0.1, 0.15) is 11.8 Å². The van der Waals surface area contributed by atoms with Gasteiger partial charge in [-0.1, -0.05) is 6.92 Å². The Balaban J connectivity index is 2.05. The highest BCUT2D eigenvalue weighted by molar-refractivity contribution is 5.93. The van der Waals surface area contributed by atoms with Crippen molar-refractivity contribution in [2.75, 3.05) is 12.4 Å². The van der Waals surface area contributed by atoms with Gasteiger partial charge in [-0.15, -0.1) is 0 Å². The first-order chi connectivity index (χ1) is 12.8. The molecule has 2 aromatic carbocycles. The van der Waals surface area contributed by atoms with E-state index in [1.54, 1.807) is 14.0 Å². The predicted octanol–water partition coefficient (Wildman–Crippen LogP) is 2.78. The van der Waals surface area contributed by atoms with Crippen LogP contribution in [0.3, 0.4) is 0 Å². The van der Waals surface area contributed by atoms with Gasteiger partial charge in [-0.05, 0) is 43.3 Å². The van der Waals surface area contributed by atoms with Crippen molar-refractivity contribution < 1.29 is 24.2 Å². The van der Waals surface area contributed by atoms with Crippen LogP contribution in [0.4, 0.5) is 15.8 Å². The number of halogens is 1. The lowest BCUT2D eigenvalue weighted by Crippen LogP contribution is -2.92. The summed E-state index contributed by atoms with van der Waals surface area (Å²) in [5, 5.41) is 15.3. The van der Waals surface area contributed by atoms with Gasteiger partial charge in [0.15, 0.2) is 6.04 Å². The average Bonchev–Trinajstić information content (AvgIpc) is 2.67. The first kappa shape index (κ1) is 20.3. The largest absolute Gasteiger partial charge is 0.497 e. The van der Waals surface area contributed by atoms with Crippen LogP contribution >= 0.6 is 0 Å². The van der Waals surface area contributed by atoms with Gasteiger partial charge in [0.25, 0.3) is 5.91 Å². The minimum absolute atomic E-state index is 0.0687. The molecule has 0 aliphatic rings. The molecule has 8 heteroatoms. The fourth-order valence-corrected chi connectivity index (χ4v) is 2.76. The maximum atomic E-state index is 13.4. The van der Waals surface area contributed by atoms with E-state index >= 15 is 0 Å². The van der Waals surface area contributed by atoms with Crippen LogP contribution in [0.15, 0.2) is 42.5 Å². The quantitative estimate of drug-likeness (QED) is 0.547. The van der Waals surface area contributed by atoms with Crippen LogP contribution in [0.25, 0.3) is 0 Å². The molecule has 7 nitrogen and oxygen atoms in total. The number of nitrogens with one attached hydrogen (secondary N) is 1. The Bertz CT molecular complexity index is 811. The van der Waals surface area contributed by atoms with Crippen LogP contribution in [-0.4, -0.2) is 24.0 Å². The van der Waals surface area contributed by atoms with Crippen molar-refractivity contribution in [3.05, 3.63) is 64.0 Å². The lowest BCUT2D eigenvalue weighted by atomic mass is 10.0. The van der Waals surface area contributed by atoms with Crippen LogP contribution in [-0.2, 0) is 4.79 Å². The second kappa shape index (κ2) is 9.09. The summed E-state index contributed by atoms with van der Waals surface area (Å²) in [5.41, 5.74) is 0.579. The van der Waals surface area contributed by atoms with Gasteiger partial charge in [0, 0.05) is 23.7 Å². The number of nitro benzene ring substituents is 1. The van der Waals surface area contributed by atoms with Gasteiger partial charge in [-0.25, -0.2) is 0 Å². The number of hydrogen-bond donors (Lipinski definition) is 2. The Morgan fingerprint density at radius 1 is 1.30 bits per heavy atom. The zero-order chi connectivity index (χ0) is 20.0. The molecule has 0 fully saturated rings. The SMILES string of the molecule is CC[C@@H]([NH2+][C@@H](C)C(=O)Nc1ccc(F)c([N+](=O)[O-])c1)c1ccc(OC)cc1. The molecule has 0 saturated carbocycles. The van der Waals surface area contributed by atoms with E-state index in [-0.39, 0.29) is 17.6 Å². The summed E-state index contributed by atoms with van der Waals surface area (Å²) in [4.78, 5) is 22.4. The van der Waals surface area contributed by atoms with Crippen LogP contribution in [0, 0.1) is 15.9 Å². The molecule has 0 heterocycles. The van der Waals surface area contributed by atoms with E-state index in [1.807, 2.05) is 36.5 Å². The molecule has 0 aliphatic carbocycles. The molecule has 2 aromatic rings. The third kappa shape index (κ3) is 5.24. The number of nitro groups is 1. The number of anilines is 1. The van der Waals surface area contributed by atoms with Crippen molar-refractivity contribution in [2.24, 2.45) is 0 Å². The van der Waals surface area contributed by atoms with E-state index in [2.05, 4.69) is 5.32 Å². The molecule has 0 saturated heterocycles. The monoisotopic (exact) mass is 376 g/mol. The summed E-state index contributed by atoms with van der Waals surface area (Å²) >= 11 is 0. The maximum absolute atomic E-state index is 13.4. The van der Waals surface area contributed by atoms with E-state index in [1.165, 1.54) is 6.07 Å². The lowest BCUT2D eigenvalue weighted by Gasteiger charge is -2.19. The Labute approximate surface area is 156 Å². The summed E-state index contributed by atoms with van der Waals surface area (Å²) in [7, 11) is 1.60. The van der Waals surface area contributed by atoms with E-state index in [4.69, 9.17) is 4.74 Å².